The highest BCUT2D eigenvalue weighted by atomic mass is 32.2. The van der Waals surface area contributed by atoms with Gasteiger partial charge in [-0.1, -0.05) is 30.4 Å². The number of hydrogen-bond acceptors (Lipinski definition) is 3. The summed E-state index contributed by atoms with van der Waals surface area (Å²) < 4.78 is 0. The molecule has 1 aliphatic carbocycles. The normalized spacial score (nSPS) is 14.4. The highest BCUT2D eigenvalue weighted by molar-refractivity contribution is 7.99. The van der Waals surface area contributed by atoms with Crippen LogP contribution in [0.25, 0.3) is 16.5 Å². The number of aromatic nitrogens is 1. The van der Waals surface area contributed by atoms with E-state index >= 15 is 0 Å². The van der Waals surface area contributed by atoms with Gasteiger partial charge in [-0.05, 0) is 62.9 Å². The molecule has 1 aromatic carbocycles. The second kappa shape index (κ2) is 7.86. The first-order valence-electron chi connectivity index (χ1n) is 8.46. The largest absolute Gasteiger partial charge is 0.321 e. The van der Waals surface area contributed by atoms with Crippen molar-refractivity contribution in [1.29, 1.82) is 0 Å². The van der Waals surface area contributed by atoms with Gasteiger partial charge in [0, 0.05) is 16.3 Å². The molecule has 1 N–H and O–H groups in total. The molecule has 126 valence electrons. The molecule has 1 aromatic heterocycles. The Morgan fingerprint density at radius 3 is 2.88 bits per heavy atom. The van der Waals surface area contributed by atoms with Crippen LogP contribution < -0.4 is 5.56 Å². The first kappa shape index (κ1) is 17.1. The van der Waals surface area contributed by atoms with Crippen LogP contribution in [0.4, 0.5) is 0 Å². The summed E-state index contributed by atoms with van der Waals surface area (Å²) in [7, 11) is 4.19. The van der Waals surface area contributed by atoms with Crippen LogP contribution in [-0.2, 0) is 0 Å². The summed E-state index contributed by atoms with van der Waals surface area (Å²) in [5.41, 5.74) is 3.14. The summed E-state index contributed by atoms with van der Waals surface area (Å²) in [6, 6.07) is 8.02. The molecule has 1 aliphatic rings. The van der Waals surface area contributed by atoms with Gasteiger partial charge in [0.1, 0.15) is 0 Å². The Hall–Kier alpha value is -1.78. The van der Waals surface area contributed by atoms with Gasteiger partial charge < -0.3 is 9.88 Å². The lowest BCUT2D eigenvalue weighted by Gasteiger charge is -2.13. The number of allylic oxidation sites excluding steroid dienone is 4. The van der Waals surface area contributed by atoms with E-state index in [-0.39, 0.29) is 5.56 Å². The summed E-state index contributed by atoms with van der Waals surface area (Å²) in [4.78, 5) is 18.6. The fourth-order valence-corrected chi connectivity index (χ4v) is 3.96. The smallest absolute Gasteiger partial charge is 0.249 e. The third kappa shape index (κ3) is 4.00. The van der Waals surface area contributed by atoms with E-state index in [1.807, 2.05) is 11.8 Å². The molecule has 0 spiro atoms. The zero-order chi connectivity index (χ0) is 16.9. The van der Waals surface area contributed by atoms with Crippen LogP contribution in [-0.4, -0.2) is 36.3 Å². The van der Waals surface area contributed by atoms with Crippen LogP contribution in [0.15, 0.2) is 52.2 Å². The maximum absolute atomic E-state index is 12.2. The molecular weight excluding hydrogens is 316 g/mol. The second-order valence-corrected chi connectivity index (χ2v) is 7.51. The van der Waals surface area contributed by atoms with E-state index in [2.05, 4.69) is 60.4 Å². The molecule has 4 heteroatoms. The number of nitrogens with zero attached hydrogens (tertiary/aromatic N) is 1. The minimum Gasteiger partial charge on any atom is -0.321 e. The zero-order valence-corrected chi connectivity index (χ0v) is 15.2. The highest BCUT2D eigenvalue weighted by Gasteiger charge is 2.11. The van der Waals surface area contributed by atoms with Crippen LogP contribution in [0.3, 0.4) is 0 Å². The minimum absolute atomic E-state index is 0.0290. The van der Waals surface area contributed by atoms with Crippen molar-refractivity contribution < 1.29 is 0 Å². The monoisotopic (exact) mass is 340 g/mol. The highest BCUT2D eigenvalue weighted by Crippen LogP contribution is 2.31. The number of para-hydroxylation sites is 1. The van der Waals surface area contributed by atoms with Crippen molar-refractivity contribution >= 4 is 28.2 Å². The summed E-state index contributed by atoms with van der Waals surface area (Å²) in [5, 5.41) is 1.13. The van der Waals surface area contributed by atoms with E-state index in [0.717, 1.165) is 58.5 Å². The lowest BCUT2D eigenvalue weighted by atomic mass is 9.97. The van der Waals surface area contributed by atoms with Crippen LogP contribution >= 0.6 is 11.8 Å². The van der Waals surface area contributed by atoms with Crippen LogP contribution in [0, 0.1) is 0 Å². The molecule has 0 bridgehead atoms. The molecule has 0 radical (unpaired) electrons. The molecule has 0 amide bonds. The van der Waals surface area contributed by atoms with Crippen LogP contribution in [0.1, 0.15) is 24.8 Å². The molecule has 1 heterocycles. The van der Waals surface area contributed by atoms with Crippen LogP contribution in [0.2, 0.25) is 0 Å². The van der Waals surface area contributed by atoms with E-state index in [9.17, 15) is 4.79 Å². The molecule has 0 aliphatic heterocycles. The zero-order valence-electron chi connectivity index (χ0n) is 14.3. The Morgan fingerprint density at radius 2 is 2.12 bits per heavy atom. The van der Waals surface area contributed by atoms with Gasteiger partial charge >= 0.3 is 0 Å². The fourth-order valence-electron chi connectivity index (χ4n) is 2.99. The summed E-state index contributed by atoms with van der Waals surface area (Å²) in [6.07, 6.45) is 9.80. The maximum atomic E-state index is 12.2. The van der Waals surface area contributed by atoms with E-state index in [1.165, 1.54) is 0 Å². The standard InChI is InChI=1S/C20H24N2OS/c1-22(2)12-7-13-24-18-11-6-10-16-17(14-19(23)21-20(16)18)15-8-4-3-5-9-15/h4,6,8-11,14H,3,5,7,12-13H2,1-2H3,(H,21,23). The lowest BCUT2D eigenvalue weighted by Crippen LogP contribution is -2.13. The number of pyridine rings is 1. The molecule has 0 atom stereocenters. The van der Waals surface area contributed by atoms with E-state index in [1.54, 1.807) is 6.07 Å². The Bertz CT molecular complexity index is 833. The predicted molar refractivity (Wildman–Crippen MR) is 105 cm³/mol. The molecule has 24 heavy (non-hydrogen) atoms. The van der Waals surface area contributed by atoms with Gasteiger partial charge in [-0.3, -0.25) is 4.79 Å². The van der Waals surface area contributed by atoms with Crippen molar-refractivity contribution in [2.75, 3.05) is 26.4 Å². The molecule has 2 aromatic rings. The number of hydrogen-bond donors (Lipinski definition) is 1. The molecule has 0 fully saturated rings. The third-order valence-corrected chi connectivity index (χ3v) is 5.30. The quantitative estimate of drug-likeness (QED) is 0.629. The first-order chi connectivity index (χ1) is 11.6. The van der Waals surface area contributed by atoms with E-state index < -0.39 is 0 Å². The van der Waals surface area contributed by atoms with Gasteiger partial charge in [0.15, 0.2) is 0 Å². The molecular formula is C20H24N2OS. The minimum atomic E-state index is -0.0290. The van der Waals surface area contributed by atoms with E-state index in [0.29, 0.717) is 0 Å². The van der Waals surface area contributed by atoms with Crippen LogP contribution in [0.5, 0.6) is 0 Å². The van der Waals surface area contributed by atoms with Crippen molar-refractivity contribution in [3.05, 3.63) is 58.4 Å². The summed E-state index contributed by atoms with van der Waals surface area (Å²) in [5.74, 6) is 1.05. The number of aromatic amines is 1. The Balaban J connectivity index is 1.95. The molecule has 0 saturated heterocycles. The topological polar surface area (TPSA) is 36.1 Å². The Kier molecular flexibility index (Phi) is 5.59. The second-order valence-electron chi connectivity index (χ2n) is 6.37. The lowest BCUT2D eigenvalue weighted by molar-refractivity contribution is 0.410. The number of rotatable bonds is 6. The van der Waals surface area contributed by atoms with Crippen molar-refractivity contribution in [1.82, 2.24) is 9.88 Å². The van der Waals surface area contributed by atoms with Gasteiger partial charge in [0.2, 0.25) is 5.56 Å². The number of H-pyrrole nitrogens is 1. The SMILES string of the molecule is CN(C)CCCSc1cccc2c(C3=CCCC=C3)cc(=O)[nH]c12. The first-order valence-corrected chi connectivity index (χ1v) is 9.44. The predicted octanol–water partition coefficient (Wildman–Crippen LogP) is 4.31. The average molecular weight is 340 g/mol. The molecule has 0 saturated carbocycles. The van der Waals surface area contributed by atoms with Gasteiger partial charge in [0.05, 0.1) is 5.52 Å². The molecule has 3 nitrogen and oxygen atoms in total. The Morgan fingerprint density at radius 1 is 1.25 bits per heavy atom. The number of benzene rings is 1. The average Bonchev–Trinajstić information content (AvgIpc) is 2.59. The molecule has 3 rings (SSSR count). The van der Waals surface area contributed by atoms with Gasteiger partial charge in [-0.25, -0.2) is 0 Å². The summed E-state index contributed by atoms with van der Waals surface area (Å²) >= 11 is 1.82. The number of thioether (sulfide) groups is 1. The maximum Gasteiger partial charge on any atom is 0.249 e. The van der Waals surface area contributed by atoms with Gasteiger partial charge in [-0.2, -0.15) is 0 Å². The number of nitrogens with one attached hydrogen (secondary N) is 1. The van der Waals surface area contributed by atoms with Gasteiger partial charge in [-0.15, -0.1) is 11.8 Å². The Labute approximate surface area is 147 Å². The number of fused-ring (bicyclic) bond motifs is 1. The van der Waals surface area contributed by atoms with Gasteiger partial charge in [0.25, 0.3) is 0 Å². The molecule has 0 unspecified atom stereocenters. The van der Waals surface area contributed by atoms with Crippen molar-refractivity contribution in [3.8, 4) is 0 Å². The third-order valence-electron chi connectivity index (χ3n) is 4.15. The van der Waals surface area contributed by atoms with E-state index in [4.69, 9.17) is 0 Å². The van der Waals surface area contributed by atoms with Crippen molar-refractivity contribution in [2.45, 2.75) is 24.2 Å². The summed E-state index contributed by atoms with van der Waals surface area (Å²) in [6.45, 7) is 1.08. The fraction of sp³-hybridized carbons (Fsp3) is 0.350. The van der Waals surface area contributed by atoms with Crippen molar-refractivity contribution in [3.63, 3.8) is 0 Å². The van der Waals surface area contributed by atoms with Crippen molar-refractivity contribution in [2.24, 2.45) is 0 Å².